The molecule has 3 rings (SSSR count). The second-order valence-electron chi connectivity index (χ2n) is 8.00. The van der Waals surface area contributed by atoms with E-state index in [1.807, 2.05) is 39.5 Å². The fourth-order valence-corrected chi connectivity index (χ4v) is 3.01. The van der Waals surface area contributed by atoms with Gasteiger partial charge in [-0.05, 0) is 33.8 Å². The highest BCUT2D eigenvalue weighted by Crippen LogP contribution is 2.38. The van der Waals surface area contributed by atoms with E-state index in [1.165, 1.54) is 6.08 Å². The highest BCUT2D eigenvalue weighted by Gasteiger charge is 2.53. The summed E-state index contributed by atoms with van der Waals surface area (Å²) in [6, 6.07) is 0. The van der Waals surface area contributed by atoms with E-state index < -0.39 is 24.0 Å². The van der Waals surface area contributed by atoms with Crippen molar-refractivity contribution < 1.29 is 18.5 Å². The van der Waals surface area contributed by atoms with E-state index in [1.54, 1.807) is 10.9 Å². The first-order valence-corrected chi connectivity index (χ1v) is 9.02. The van der Waals surface area contributed by atoms with E-state index in [0.29, 0.717) is 24.6 Å². The van der Waals surface area contributed by atoms with Crippen LogP contribution < -0.4 is 0 Å². The van der Waals surface area contributed by atoms with Gasteiger partial charge in [-0.25, -0.2) is 4.39 Å². The summed E-state index contributed by atoms with van der Waals surface area (Å²) in [7, 11) is -1.04. The molecule has 0 atom stereocenters. The topological polar surface area (TPSA) is 69.5 Å². The van der Waals surface area contributed by atoms with Gasteiger partial charge in [0.25, 0.3) is 0 Å². The minimum atomic E-state index is -1.04. The number of carbonyl (C=O) groups is 1. The Morgan fingerprint density at radius 2 is 1.96 bits per heavy atom. The molecule has 9 heteroatoms. The van der Waals surface area contributed by atoms with Crippen LogP contribution in [0.15, 0.2) is 11.9 Å². The summed E-state index contributed by atoms with van der Waals surface area (Å²) < 4.78 is 27.5. The smallest absolute Gasteiger partial charge is 0.398 e. The Balaban J connectivity index is 1.57. The molecule has 0 spiro atoms. The summed E-state index contributed by atoms with van der Waals surface area (Å²) in [6.07, 6.45) is 3.51. The molecule has 0 N–H and O–H groups in total. The molecule has 142 valence electrons. The Morgan fingerprint density at radius 3 is 2.54 bits per heavy atom. The average Bonchev–Trinajstić information content (AvgIpc) is 3.03. The van der Waals surface area contributed by atoms with Crippen molar-refractivity contribution in [1.29, 1.82) is 0 Å². The summed E-state index contributed by atoms with van der Waals surface area (Å²) in [5, 5.41) is 8.02. The molecule has 1 aromatic rings. The van der Waals surface area contributed by atoms with Crippen LogP contribution in [0.1, 0.15) is 46.7 Å². The van der Waals surface area contributed by atoms with Gasteiger partial charge >= 0.3 is 7.12 Å². The van der Waals surface area contributed by atoms with Crippen molar-refractivity contribution in [2.45, 2.75) is 58.8 Å². The van der Waals surface area contributed by atoms with E-state index in [9.17, 15) is 9.18 Å². The summed E-state index contributed by atoms with van der Waals surface area (Å²) >= 11 is 0. The molecule has 2 aliphatic rings. The first kappa shape index (κ1) is 19.0. The molecular weight excluding hydrogens is 338 g/mol. The lowest BCUT2D eigenvalue weighted by atomic mass is 9.87. The van der Waals surface area contributed by atoms with Crippen LogP contribution in [0.2, 0.25) is 0 Å². The molecule has 2 aliphatic heterocycles. The second-order valence-corrected chi connectivity index (χ2v) is 8.00. The zero-order chi connectivity index (χ0) is 19.1. The van der Waals surface area contributed by atoms with Gasteiger partial charge in [0.2, 0.25) is 5.91 Å². The van der Waals surface area contributed by atoms with Gasteiger partial charge in [-0.3, -0.25) is 9.48 Å². The number of aromatic nitrogens is 3. The molecule has 1 aromatic heterocycles. The third-order valence-electron chi connectivity index (χ3n) is 5.38. The number of halogens is 1. The van der Waals surface area contributed by atoms with Crippen LogP contribution in [0.25, 0.3) is 6.08 Å². The predicted octanol–water partition coefficient (Wildman–Crippen LogP) is 2.09. The molecule has 0 bridgehead atoms. The Bertz CT molecular complexity index is 697. The molecule has 26 heavy (non-hydrogen) atoms. The standard InChI is InChI=1S/C17H26BFN4O3/c1-6-15(24)22-8-12(9-22)10-23-11-13(20-21-23)7-14(19)18-25-16(2,3)17(4,5)26-18/h7,11-12H,6,8-10H2,1-5H3. The number of carbonyl (C=O) groups excluding carboxylic acids is 1. The molecule has 0 aliphatic carbocycles. The quantitative estimate of drug-likeness (QED) is 0.749. The first-order chi connectivity index (χ1) is 12.1. The monoisotopic (exact) mass is 364 g/mol. The van der Waals surface area contributed by atoms with Gasteiger partial charge in [-0.2, -0.15) is 0 Å². The fraction of sp³-hybridized carbons (Fsp3) is 0.706. The highest BCUT2D eigenvalue weighted by atomic mass is 19.1. The Morgan fingerprint density at radius 1 is 1.35 bits per heavy atom. The molecule has 1 amide bonds. The zero-order valence-corrected chi connectivity index (χ0v) is 16.0. The van der Waals surface area contributed by atoms with E-state index in [-0.39, 0.29) is 5.91 Å². The fourth-order valence-electron chi connectivity index (χ4n) is 3.01. The van der Waals surface area contributed by atoms with Crippen molar-refractivity contribution in [2.75, 3.05) is 13.1 Å². The van der Waals surface area contributed by atoms with Gasteiger partial charge in [-0.15, -0.1) is 5.10 Å². The molecule has 7 nitrogen and oxygen atoms in total. The maximum absolute atomic E-state index is 14.5. The lowest BCUT2D eigenvalue weighted by molar-refractivity contribution is -0.137. The number of nitrogens with zero attached hydrogens (tertiary/aromatic N) is 4. The van der Waals surface area contributed by atoms with E-state index in [4.69, 9.17) is 9.31 Å². The summed E-state index contributed by atoms with van der Waals surface area (Å²) in [5.74, 6) is 0.532. The van der Waals surface area contributed by atoms with Gasteiger partial charge < -0.3 is 14.2 Å². The largest absolute Gasteiger partial charge is 0.525 e. The SMILES string of the molecule is CCC(=O)N1CC(Cn2cc(C=C(F)B3OC(C)(C)C(C)(C)O3)nn2)C1. The van der Waals surface area contributed by atoms with Gasteiger partial charge in [0.05, 0.1) is 17.4 Å². The third-order valence-corrected chi connectivity index (χ3v) is 5.38. The number of rotatable bonds is 5. The van der Waals surface area contributed by atoms with Crippen molar-refractivity contribution in [1.82, 2.24) is 19.9 Å². The molecule has 0 radical (unpaired) electrons. The van der Waals surface area contributed by atoms with E-state index in [2.05, 4.69) is 10.3 Å². The number of hydrogen-bond acceptors (Lipinski definition) is 5. The molecular formula is C17H26BFN4O3. The van der Waals surface area contributed by atoms with Crippen LogP contribution in [-0.4, -0.2) is 57.2 Å². The number of amides is 1. The Labute approximate surface area is 153 Å². The van der Waals surface area contributed by atoms with Gasteiger partial charge in [0, 0.05) is 32.0 Å². The maximum Gasteiger partial charge on any atom is 0.525 e. The van der Waals surface area contributed by atoms with E-state index in [0.717, 1.165) is 13.1 Å². The summed E-state index contributed by atoms with van der Waals surface area (Å²) in [5.41, 5.74) is -1.30. The maximum atomic E-state index is 14.5. The van der Waals surface area contributed by atoms with Crippen LogP contribution in [0, 0.1) is 5.92 Å². The number of likely N-dealkylation sites (tertiary alicyclic amines) is 1. The second kappa shape index (κ2) is 6.77. The van der Waals surface area contributed by atoms with Gasteiger partial charge in [-0.1, -0.05) is 12.1 Å². The summed E-state index contributed by atoms with van der Waals surface area (Å²) in [4.78, 5) is 13.4. The highest BCUT2D eigenvalue weighted by molar-refractivity contribution is 6.54. The predicted molar refractivity (Wildman–Crippen MR) is 95.6 cm³/mol. The molecule has 2 fully saturated rings. The average molecular weight is 364 g/mol. The molecule has 0 saturated carbocycles. The van der Waals surface area contributed by atoms with Crippen LogP contribution in [0.5, 0.6) is 0 Å². The van der Waals surface area contributed by atoms with Crippen LogP contribution >= 0.6 is 0 Å². The minimum absolute atomic E-state index is 0.174. The first-order valence-electron chi connectivity index (χ1n) is 9.02. The van der Waals surface area contributed by atoms with Gasteiger partial charge in [0.1, 0.15) is 11.4 Å². The molecule has 0 aromatic carbocycles. The van der Waals surface area contributed by atoms with Crippen LogP contribution in [0.3, 0.4) is 0 Å². The van der Waals surface area contributed by atoms with Crippen LogP contribution in [-0.2, 0) is 20.6 Å². The van der Waals surface area contributed by atoms with Crippen molar-refractivity contribution in [2.24, 2.45) is 5.92 Å². The Hall–Kier alpha value is -1.74. The summed E-state index contributed by atoms with van der Waals surface area (Å²) in [6.45, 7) is 11.5. The van der Waals surface area contributed by atoms with Crippen molar-refractivity contribution in [3.8, 4) is 0 Å². The van der Waals surface area contributed by atoms with Crippen molar-refractivity contribution >= 4 is 19.1 Å². The van der Waals surface area contributed by atoms with Crippen molar-refractivity contribution in [3.05, 3.63) is 17.6 Å². The normalized spacial score (nSPS) is 22.6. The van der Waals surface area contributed by atoms with Gasteiger partial charge in [0.15, 0.2) is 0 Å². The lowest BCUT2D eigenvalue weighted by Crippen LogP contribution is -2.51. The zero-order valence-electron chi connectivity index (χ0n) is 16.0. The third kappa shape index (κ3) is 3.69. The van der Waals surface area contributed by atoms with Crippen molar-refractivity contribution in [3.63, 3.8) is 0 Å². The molecule has 0 unspecified atom stereocenters. The molecule has 3 heterocycles. The molecule has 2 saturated heterocycles. The lowest BCUT2D eigenvalue weighted by Gasteiger charge is -2.39. The Kier molecular flexibility index (Phi) is 4.96. The van der Waals surface area contributed by atoms with E-state index >= 15 is 0 Å². The van der Waals surface area contributed by atoms with Crippen LogP contribution in [0.4, 0.5) is 4.39 Å². The minimum Gasteiger partial charge on any atom is -0.398 e. The number of hydrogen-bond donors (Lipinski definition) is 0.